The second-order valence-corrected chi connectivity index (χ2v) is 4.70. The molecule has 4 heteroatoms. The highest BCUT2D eigenvalue weighted by molar-refractivity contribution is 6.30. The van der Waals surface area contributed by atoms with E-state index < -0.39 is 0 Å². The first-order chi connectivity index (χ1) is 8.63. The van der Waals surface area contributed by atoms with Crippen LogP contribution in [0.3, 0.4) is 0 Å². The predicted molar refractivity (Wildman–Crippen MR) is 70.8 cm³/mol. The fourth-order valence-corrected chi connectivity index (χ4v) is 1.95. The van der Waals surface area contributed by atoms with E-state index in [1.807, 2.05) is 13.1 Å². The van der Waals surface area contributed by atoms with E-state index in [1.165, 1.54) is 12.1 Å². The summed E-state index contributed by atoms with van der Waals surface area (Å²) in [5.74, 6) is -0.210. The van der Waals surface area contributed by atoms with Gasteiger partial charge in [0.25, 0.3) is 0 Å². The summed E-state index contributed by atoms with van der Waals surface area (Å²) in [4.78, 5) is 6.35. The Kier molecular flexibility index (Phi) is 4.28. The molecule has 2 nitrogen and oxygen atoms in total. The van der Waals surface area contributed by atoms with Crippen molar-refractivity contribution in [1.29, 1.82) is 0 Å². The molecule has 0 atom stereocenters. The third-order valence-corrected chi connectivity index (χ3v) is 2.81. The molecule has 2 aromatic rings. The molecule has 0 spiro atoms. The molecule has 0 N–H and O–H groups in total. The van der Waals surface area contributed by atoms with E-state index in [4.69, 9.17) is 11.6 Å². The minimum absolute atomic E-state index is 0.210. The minimum atomic E-state index is -0.210. The Balaban J connectivity index is 1.96. The Morgan fingerprint density at radius 1 is 1.17 bits per heavy atom. The SMILES string of the molecule is CN(Cc1ccc(F)cc1)Cc1cc(Cl)ccn1. The lowest BCUT2D eigenvalue weighted by atomic mass is 10.2. The van der Waals surface area contributed by atoms with Crippen LogP contribution in [-0.4, -0.2) is 16.9 Å². The molecule has 0 aliphatic carbocycles. The van der Waals surface area contributed by atoms with E-state index >= 15 is 0 Å². The summed E-state index contributed by atoms with van der Waals surface area (Å²) in [6.45, 7) is 1.45. The van der Waals surface area contributed by atoms with Crippen LogP contribution in [0.15, 0.2) is 42.6 Å². The first kappa shape index (κ1) is 13.0. The highest BCUT2D eigenvalue weighted by Gasteiger charge is 2.03. The van der Waals surface area contributed by atoms with Crippen LogP contribution in [-0.2, 0) is 13.1 Å². The van der Waals surface area contributed by atoms with Crippen molar-refractivity contribution in [3.63, 3.8) is 0 Å². The lowest BCUT2D eigenvalue weighted by molar-refractivity contribution is 0.315. The second kappa shape index (κ2) is 5.94. The summed E-state index contributed by atoms with van der Waals surface area (Å²) < 4.78 is 12.8. The lowest BCUT2D eigenvalue weighted by Crippen LogP contribution is -2.17. The Labute approximate surface area is 111 Å². The van der Waals surface area contributed by atoms with Crippen molar-refractivity contribution >= 4 is 11.6 Å². The van der Waals surface area contributed by atoms with Gasteiger partial charge in [-0.05, 0) is 36.9 Å². The van der Waals surface area contributed by atoms with E-state index in [2.05, 4.69) is 9.88 Å². The highest BCUT2D eigenvalue weighted by atomic mass is 35.5. The average Bonchev–Trinajstić information content (AvgIpc) is 2.32. The van der Waals surface area contributed by atoms with Crippen molar-refractivity contribution in [3.05, 3.63) is 64.7 Å². The normalized spacial score (nSPS) is 10.9. The fraction of sp³-hybridized carbons (Fsp3) is 0.214. The summed E-state index contributed by atoms with van der Waals surface area (Å²) in [6, 6.07) is 10.1. The van der Waals surface area contributed by atoms with Crippen LogP contribution >= 0.6 is 11.6 Å². The molecular formula is C14H14ClFN2. The molecular weight excluding hydrogens is 251 g/mol. The highest BCUT2D eigenvalue weighted by Crippen LogP contribution is 2.11. The van der Waals surface area contributed by atoms with Crippen LogP contribution in [0, 0.1) is 5.82 Å². The predicted octanol–water partition coefficient (Wildman–Crippen LogP) is 3.51. The van der Waals surface area contributed by atoms with E-state index in [-0.39, 0.29) is 5.82 Å². The molecule has 0 bridgehead atoms. The summed E-state index contributed by atoms with van der Waals surface area (Å²) in [6.07, 6.45) is 1.70. The largest absolute Gasteiger partial charge is 0.296 e. The van der Waals surface area contributed by atoms with Crippen LogP contribution in [0.5, 0.6) is 0 Å². The van der Waals surface area contributed by atoms with Gasteiger partial charge in [0.15, 0.2) is 0 Å². The standard InChI is InChI=1S/C14H14ClFN2/c1-18(9-11-2-4-13(16)5-3-11)10-14-8-12(15)6-7-17-14/h2-8H,9-10H2,1H3. The van der Waals surface area contributed by atoms with Crippen molar-refractivity contribution in [1.82, 2.24) is 9.88 Å². The molecule has 0 unspecified atom stereocenters. The number of hydrogen-bond donors (Lipinski definition) is 0. The van der Waals surface area contributed by atoms with Gasteiger partial charge in [-0.25, -0.2) is 4.39 Å². The molecule has 1 aromatic heterocycles. The van der Waals surface area contributed by atoms with Crippen LogP contribution < -0.4 is 0 Å². The van der Waals surface area contributed by atoms with E-state index in [1.54, 1.807) is 24.4 Å². The van der Waals surface area contributed by atoms with Gasteiger partial charge >= 0.3 is 0 Å². The van der Waals surface area contributed by atoms with Gasteiger partial charge < -0.3 is 0 Å². The summed E-state index contributed by atoms with van der Waals surface area (Å²) in [5, 5.41) is 0.690. The van der Waals surface area contributed by atoms with Gasteiger partial charge in [-0.3, -0.25) is 9.88 Å². The van der Waals surface area contributed by atoms with Gasteiger partial charge in [0.1, 0.15) is 5.82 Å². The van der Waals surface area contributed by atoms with Crippen LogP contribution in [0.1, 0.15) is 11.3 Å². The van der Waals surface area contributed by atoms with Crippen LogP contribution in [0.2, 0.25) is 5.02 Å². The zero-order valence-electron chi connectivity index (χ0n) is 10.1. The topological polar surface area (TPSA) is 16.1 Å². The van der Waals surface area contributed by atoms with E-state index in [0.29, 0.717) is 11.6 Å². The summed E-state index contributed by atoms with van der Waals surface area (Å²) >= 11 is 5.91. The van der Waals surface area contributed by atoms with Gasteiger partial charge in [0.05, 0.1) is 5.69 Å². The third-order valence-electron chi connectivity index (χ3n) is 2.58. The number of nitrogens with zero attached hydrogens (tertiary/aromatic N) is 2. The van der Waals surface area contributed by atoms with Crippen molar-refractivity contribution in [2.24, 2.45) is 0 Å². The quantitative estimate of drug-likeness (QED) is 0.840. The van der Waals surface area contributed by atoms with Gasteiger partial charge in [0, 0.05) is 24.3 Å². The van der Waals surface area contributed by atoms with Gasteiger partial charge in [0.2, 0.25) is 0 Å². The first-order valence-corrected chi connectivity index (χ1v) is 6.05. The van der Waals surface area contributed by atoms with Crippen molar-refractivity contribution < 1.29 is 4.39 Å². The molecule has 0 saturated heterocycles. The van der Waals surface area contributed by atoms with E-state index in [9.17, 15) is 4.39 Å². The van der Waals surface area contributed by atoms with Crippen LogP contribution in [0.25, 0.3) is 0 Å². The molecule has 1 aromatic carbocycles. The van der Waals surface area contributed by atoms with Crippen molar-refractivity contribution in [2.75, 3.05) is 7.05 Å². The molecule has 0 fully saturated rings. The molecule has 0 saturated carbocycles. The Morgan fingerprint density at radius 2 is 1.89 bits per heavy atom. The van der Waals surface area contributed by atoms with Crippen molar-refractivity contribution in [3.8, 4) is 0 Å². The van der Waals surface area contributed by atoms with Gasteiger partial charge in [-0.2, -0.15) is 0 Å². The zero-order chi connectivity index (χ0) is 13.0. The fourth-order valence-electron chi connectivity index (χ4n) is 1.77. The van der Waals surface area contributed by atoms with Crippen molar-refractivity contribution in [2.45, 2.75) is 13.1 Å². The maximum Gasteiger partial charge on any atom is 0.123 e. The maximum atomic E-state index is 12.8. The monoisotopic (exact) mass is 264 g/mol. The molecule has 0 aliphatic heterocycles. The van der Waals surface area contributed by atoms with Gasteiger partial charge in [-0.15, -0.1) is 0 Å². The number of pyridine rings is 1. The average molecular weight is 265 g/mol. The number of hydrogen-bond acceptors (Lipinski definition) is 2. The Bertz CT molecular complexity index is 513. The number of rotatable bonds is 4. The van der Waals surface area contributed by atoms with Crippen LogP contribution in [0.4, 0.5) is 4.39 Å². The second-order valence-electron chi connectivity index (χ2n) is 4.26. The van der Waals surface area contributed by atoms with E-state index in [0.717, 1.165) is 17.8 Å². The summed E-state index contributed by atoms with van der Waals surface area (Å²) in [5.41, 5.74) is 1.99. The molecule has 94 valence electrons. The molecule has 1 heterocycles. The number of benzene rings is 1. The Morgan fingerprint density at radius 3 is 2.56 bits per heavy atom. The number of aromatic nitrogens is 1. The van der Waals surface area contributed by atoms with Gasteiger partial charge in [-0.1, -0.05) is 23.7 Å². The zero-order valence-corrected chi connectivity index (χ0v) is 10.9. The molecule has 0 aliphatic rings. The molecule has 18 heavy (non-hydrogen) atoms. The third kappa shape index (κ3) is 3.79. The molecule has 2 rings (SSSR count). The maximum absolute atomic E-state index is 12.8. The first-order valence-electron chi connectivity index (χ1n) is 5.67. The number of halogens is 2. The molecule has 0 amide bonds. The summed E-state index contributed by atoms with van der Waals surface area (Å²) in [7, 11) is 1.99. The molecule has 0 radical (unpaired) electrons. The smallest absolute Gasteiger partial charge is 0.123 e. The lowest BCUT2D eigenvalue weighted by Gasteiger charge is -2.16. The Hall–Kier alpha value is -1.45. The minimum Gasteiger partial charge on any atom is -0.296 e.